The summed E-state index contributed by atoms with van der Waals surface area (Å²) in [6.07, 6.45) is 3.72. The topological polar surface area (TPSA) is 64.5 Å². The van der Waals surface area contributed by atoms with Crippen LogP contribution in [-0.4, -0.2) is 47.1 Å². The Kier molecular flexibility index (Phi) is 5.37. The largest absolute Gasteiger partial charge is 0.497 e. The van der Waals surface area contributed by atoms with Crippen molar-refractivity contribution in [2.45, 2.75) is 25.4 Å². The average molecular weight is 377 g/mol. The number of piperidine rings is 1. The zero-order valence-electron chi connectivity index (χ0n) is 15.9. The van der Waals surface area contributed by atoms with Crippen LogP contribution >= 0.6 is 0 Å². The smallest absolute Gasteiger partial charge is 0.233 e. The summed E-state index contributed by atoms with van der Waals surface area (Å²) in [6.45, 7) is 1.39. The molecular weight excluding hydrogens is 354 g/mol. The molecule has 4 rings (SSSR count). The molecule has 1 amide bonds. The van der Waals surface area contributed by atoms with E-state index in [9.17, 15) is 4.79 Å². The predicted molar refractivity (Wildman–Crippen MR) is 106 cm³/mol. The second kappa shape index (κ2) is 8.25. The Labute approximate surface area is 164 Å². The van der Waals surface area contributed by atoms with Gasteiger partial charge >= 0.3 is 0 Å². The van der Waals surface area contributed by atoms with Crippen LogP contribution in [0, 0.1) is 0 Å². The standard InChI is InChI=1S/C22H23N3O3/c1-27-17-8-6-16(7-9-17)14-22(26)25-12-10-18(11-13-25)28-21-15-23-19-4-2-3-5-20(19)24-21/h2-9,15,18H,10-14H2,1H3. The van der Waals surface area contributed by atoms with Crippen molar-refractivity contribution in [3.05, 3.63) is 60.3 Å². The molecule has 0 aliphatic carbocycles. The van der Waals surface area contributed by atoms with E-state index in [1.807, 2.05) is 53.4 Å². The van der Waals surface area contributed by atoms with Crippen molar-refractivity contribution >= 4 is 16.9 Å². The summed E-state index contributed by atoms with van der Waals surface area (Å²) < 4.78 is 11.2. The van der Waals surface area contributed by atoms with Crippen molar-refractivity contribution in [1.82, 2.24) is 14.9 Å². The first-order valence-electron chi connectivity index (χ1n) is 9.50. The fourth-order valence-corrected chi connectivity index (χ4v) is 3.42. The summed E-state index contributed by atoms with van der Waals surface area (Å²) in [5.41, 5.74) is 2.68. The molecule has 0 unspecified atom stereocenters. The Morgan fingerprint density at radius 3 is 2.50 bits per heavy atom. The first-order chi connectivity index (χ1) is 13.7. The van der Waals surface area contributed by atoms with Crippen LogP contribution in [0.2, 0.25) is 0 Å². The van der Waals surface area contributed by atoms with Crippen LogP contribution in [0.5, 0.6) is 11.6 Å². The monoisotopic (exact) mass is 377 g/mol. The number of aromatic nitrogens is 2. The van der Waals surface area contributed by atoms with Crippen LogP contribution in [0.3, 0.4) is 0 Å². The van der Waals surface area contributed by atoms with E-state index in [4.69, 9.17) is 9.47 Å². The maximum Gasteiger partial charge on any atom is 0.233 e. The second-order valence-electron chi connectivity index (χ2n) is 6.92. The quantitative estimate of drug-likeness (QED) is 0.683. The van der Waals surface area contributed by atoms with Crippen LogP contribution < -0.4 is 9.47 Å². The second-order valence-corrected chi connectivity index (χ2v) is 6.92. The van der Waals surface area contributed by atoms with Crippen LogP contribution in [0.25, 0.3) is 11.0 Å². The molecule has 1 fully saturated rings. The molecule has 1 aromatic heterocycles. The molecule has 1 saturated heterocycles. The predicted octanol–water partition coefficient (Wildman–Crippen LogP) is 3.25. The minimum Gasteiger partial charge on any atom is -0.497 e. The molecule has 1 aliphatic heterocycles. The van der Waals surface area contributed by atoms with E-state index >= 15 is 0 Å². The lowest BCUT2D eigenvalue weighted by molar-refractivity contribution is -0.132. The maximum absolute atomic E-state index is 12.6. The third-order valence-electron chi connectivity index (χ3n) is 5.02. The number of nitrogens with zero attached hydrogens (tertiary/aromatic N) is 3. The number of methoxy groups -OCH3 is 1. The normalized spacial score (nSPS) is 14.8. The van der Waals surface area contributed by atoms with E-state index < -0.39 is 0 Å². The number of fused-ring (bicyclic) bond motifs is 1. The number of carbonyl (C=O) groups excluding carboxylic acids is 1. The number of carbonyl (C=O) groups is 1. The molecule has 0 N–H and O–H groups in total. The van der Waals surface area contributed by atoms with Gasteiger partial charge in [0.1, 0.15) is 11.9 Å². The Balaban J connectivity index is 1.30. The Morgan fingerprint density at radius 2 is 1.79 bits per heavy atom. The third kappa shape index (κ3) is 4.22. The van der Waals surface area contributed by atoms with Crippen LogP contribution in [0.4, 0.5) is 0 Å². The highest BCUT2D eigenvalue weighted by Crippen LogP contribution is 2.20. The molecular formula is C22H23N3O3. The number of ether oxygens (including phenoxy) is 2. The van der Waals surface area contributed by atoms with Gasteiger partial charge in [-0.05, 0) is 29.8 Å². The number of para-hydroxylation sites is 2. The lowest BCUT2D eigenvalue weighted by Crippen LogP contribution is -2.42. The fourth-order valence-electron chi connectivity index (χ4n) is 3.42. The zero-order chi connectivity index (χ0) is 19.3. The lowest BCUT2D eigenvalue weighted by atomic mass is 10.1. The van der Waals surface area contributed by atoms with Crippen molar-refractivity contribution in [2.24, 2.45) is 0 Å². The van der Waals surface area contributed by atoms with Crippen LogP contribution in [0.1, 0.15) is 18.4 Å². The molecule has 6 heteroatoms. The number of hydrogen-bond donors (Lipinski definition) is 0. The molecule has 28 heavy (non-hydrogen) atoms. The number of rotatable bonds is 5. The van der Waals surface area contributed by atoms with E-state index in [2.05, 4.69) is 9.97 Å². The van der Waals surface area contributed by atoms with E-state index in [1.165, 1.54) is 0 Å². The van der Waals surface area contributed by atoms with Crippen molar-refractivity contribution in [3.8, 4) is 11.6 Å². The zero-order valence-corrected chi connectivity index (χ0v) is 15.9. The van der Waals surface area contributed by atoms with E-state index in [1.54, 1.807) is 13.3 Å². The summed E-state index contributed by atoms with van der Waals surface area (Å²) in [6, 6.07) is 15.4. The molecule has 6 nitrogen and oxygen atoms in total. The van der Waals surface area contributed by atoms with E-state index in [-0.39, 0.29) is 12.0 Å². The fraction of sp³-hybridized carbons (Fsp3) is 0.318. The summed E-state index contributed by atoms with van der Waals surface area (Å²) in [7, 11) is 1.63. The van der Waals surface area contributed by atoms with Gasteiger partial charge in [0.2, 0.25) is 11.8 Å². The van der Waals surface area contributed by atoms with Gasteiger partial charge in [0.15, 0.2) is 0 Å². The van der Waals surface area contributed by atoms with E-state index in [0.717, 1.165) is 35.2 Å². The molecule has 144 valence electrons. The highest BCUT2D eigenvalue weighted by atomic mass is 16.5. The average Bonchev–Trinajstić information content (AvgIpc) is 2.75. The van der Waals surface area contributed by atoms with Gasteiger partial charge < -0.3 is 14.4 Å². The van der Waals surface area contributed by atoms with Crippen molar-refractivity contribution in [1.29, 1.82) is 0 Å². The highest BCUT2D eigenvalue weighted by molar-refractivity contribution is 5.79. The van der Waals surface area contributed by atoms with Gasteiger partial charge in [0.25, 0.3) is 0 Å². The lowest BCUT2D eigenvalue weighted by Gasteiger charge is -2.32. The third-order valence-corrected chi connectivity index (χ3v) is 5.02. The van der Waals surface area contributed by atoms with Gasteiger partial charge in [-0.2, -0.15) is 0 Å². The SMILES string of the molecule is COc1ccc(CC(=O)N2CCC(Oc3cnc4ccccc4n3)CC2)cc1. The molecule has 0 radical (unpaired) electrons. The Bertz CT molecular complexity index is 951. The van der Waals surface area contributed by atoms with Crippen molar-refractivity contribution in [3.63, 3.8) is 0 Å². The highest BCUT2D eigenvalue weighted by Gasteiger charge is 2.24. The van der Waals surface area contributed by atoms with Gasteiger partial charge in [0.05, 0.1) is 30.8 Å². The minimum absolute atomic E-state index is 0.0560. The molecule has 3 aromatic rings. The number of likely N-dealkylation sites (tertiary alicyclic amines) is 1. The van der Waals surface area contributed by atoms with Crippen LogP contribution in [-0.2, 0) is 11.2 Å². The molecule has 1 aliphatic rings. The summed E-state index contributed by atoms with van der Waals surface area (Å²) in [4.78, 5) is 23.4. The van der Waals surface area contributed by atoms with E-state index in [0.29, 0.717) is 25.4 Å². The van der Waals surface area contributed by atoms with Crippen molar-refractivity contribution < 1.29 is 14.3 Å². The van der Waals surface area contributed by atoms with Gasteiger partial charge in [-0.25, -0.2) is 9.97 Å². The summed E-state index contributed by atoms with van der Waals surface area (Å²) in [5.74, 6) is 1.49. The van der Waals surface area contributed by atoms with Gasteiger partial charge in [0, 0.05) is 25.9 Å². The minimum atomic E-state index is 0.0560. The molecule has 0 bridgehead atoms. The maximum atomic E-state index is 12.6. The molecule has 0 atom stereocenters. The Morgan fingerprint density at radius 1 is 1.07 bits per heavy atom. The molecule has 2 aromatic carbocycles. The number of hydrogen-bond acceptors (Lipinski definition) is 5. The van der Waals surface area contributed by atoms with Crippen molar-refractivity contribution in [2.75, 3.05) is 20.2 Å². The number of benzene rings is 2. The summed E-state index contributed by atoms with van der Waals surface area (Å²) in [5, 5.41) is 0. The molecule has 0 spiro atoms. The van der Waals surface area contributed by atoms with Crippen LogP contribution in [0.15, 0.2) is 54.7 Å². The van der Waals surface area contributed by atoms with Gasteiger partial charge in [-0.3, -0.25) is 4.79 Å². The molecule has 0 saturated carbocycles. The Hall–Kier alpha value is -3.15. The summed E-state index contributed by atoms with van der Waals surface area (Å²) >= 11 is 0. The number of amides is 1. The van der Waals surface area contributed by atoms with Gasteiger partial charge in [-0.15, -0.1) is 0 Å². The first kappa shape index (κ1) is 18.2. The molecule has 2 heterocycles. The first-order valence-corrected chi connectivity index (χ1v) is 9.50. The van der Waals surface area contributed by atoms with Gasteiger partial charge in [-0.1, -0.05) is 24.3 Å².